The number of nitrogens with two attached hydrogens (primary N) is 1. The lowest BCUT2D eigenvalue weighted by Gasteiger charge is -2.37. The van der Waals surface area contributed by atoms with Gasteiger partial charge in [-0.1, -0.05) is 12.1 Å². The molecule has 0 unspecified atom stereocenters. The molecule has 1 fully saturated rings. The fourth-order valence-corrected chi connectivity index (χ4v) is 5.27. The molecule has 1 aliphatic rings. The van der Waals surface area contributed by atoms with Gasteiger partial charge in [0, 0.05) is 37.8 Å². The first-order valence-corrected chi connectivity index (χ1v) is 14.3. The Kier molecular flexibility index (Phi) is 7.98. The smallest absolute Gasteiger partial charge is 0.353 e. The maximum atomic E-state index is 13.8. The maximum Gasteiger partial charge on any atom is 0.396 e. The van der Waals surface area contributed by atoms with E-state index in [-0.39, 0.29) is 51.9 Å². The van der Waals surface area contributed by atoms with Crippen LogP contribution >= 0.6 is 0 Å². The molecule has 11 nitrogen and oxygen atoms in total. The molecule has 1 saturated heterocycles. The van der Waals surface area contributed by atoms with Crippen LogP contribution in [0.2, 0.25) is 0 Å². The van der Waals surface area contributed by atoms with E-state index in [4.69, 9.17) is 5.14 Å². The zero-order chi connectivity index (χ0) is 30.9. The number of rotatable bonds is 7. The number of nitrogens with zero attached hydrogens (tertiary/aromatic N) is 6. The van der Waals surface area contributed by atoms with Crippen molar-refractivity contribution in [3.8, 4) is 22.4 Å². The van der Waals surface area contributed by atoms with Crippen LogP contribution in [-0.4, -0.2) is 60.6 Å². The average molecular weight is 618 g/mol. The van der Waals surface area contributed by atoms with Crippen molar-refractivity contribution < 1.29 is 30.9 Å². The molecule has 0 aliphatic carbocycles. The fraction of sp³-hybridized carbons (Fsp3) is 0.222. The highest BCUT2D eigenvalue weighted by atomic mass is 32.2. The zero-order valence-electron chi connectivity index (χ0n) is 22.2. The molecule has 0 radical (unpaired) electrons. The highest BCUT2D eigenvalue weighted by Crippen LogP contribution is 2.39. The molecule has 5 rings (SSSR count). The molecule has 0 atom stereocenters. The molecule has 2 N–H and O–H groups in total. The number of primary sulfonamides is 1. The molecule has 0 amide bonds. The second-order valence-electron chi connectivity index (χ2n) is 9.66. The van der Waals surface area contributed by atoms with Gasteiger partial charge in [0.25, 0.3) is 5.69 Å². The van der Waals surface area contributed by atoms with Crippen molar-refractivity contribution in [2.45, 2.75) is 17.5 Å². The van der Waals surface area contributed by atoms with E-state index in [0.717, 1.165) is 18.3 Å². The third-order valence-corrected chi connectivity index (χ3v) is 7.62. The zero-order valence-corrected chi connectivity index (χ0v) is 23.0. The van der Waals surface area contributed by atoms with E-state index >= 15 is 0 Å². The van der Waals surface area contributed by atoms with E-state index in [1.807, 2.05) is 4.90 Å². The highest BCUT2D eigenvalue weighted by molar-refractivity contribution is 7.89. The Bertz CT molecular complexity index is 1760. The van der Waals surface area contributed by atoms with Crippen LogP contribution in [0, 0.1) is 15.9 Å². The first-order chi connectivity index (χ1) is 20.3. The molecule has 2 aromatic carbocycles. The second-order valence-corrected chi connectivity index (χ2v) is 11.2. The van der Waals surface area contributed by atoms with E-state index in [1.165, 1.54) is 42.5 Å². The number of hydrogen-bond donors (Lipinski definition) is 1. The summed E-state index contributed by atoms with van der Waals surface area (Å²) in [5.41, 5.74) is 0.692. The molecule has 2 aromatic heterocycles. The van der Waals surface area contributed by atoms with Gasteiger partial charge in [-0.3, -0.25) is 10.1 Å². The molecule has 43 heavy (non-hydrogen) atoms. The van der Waals surface area contributed by atoms with Crippen molar-refractivity contribution in [3.05, 3.63) is 88.6 Å². The van der Waals surface area contributed by atoms with Gasteiger partial charge < -0.3 is 9.80 Å². The summed E-state index contributed by atoms with van der Waals surface area (Å²) in [5.74, 6) is -0.481. The molecule has 1 aliphatic heterocycles. The molecule has 16 heteroatoms. The third kappa shape index (κ3) is 6.86. The van der Waals surface area contributed by atoms with Gasteiger partial charge in [0.2, 0.25) is 10.0 Å². The monoisotopic (exact) mass is 617 g/mol. The number of halogens is 4. The van der Waals surface area contributed by atoms with Crippen molar-refractivity contribution in [2.75, 3.05) is 36.0 Å². The van der Waals surface area contributed by atoms with Crippen molar-refractivity contribution in [3.63, 3.8) is 0 Å². The maximum absolute atomic E-state index is 13.8. The van der Waals surface area contributed by atoms with Gasteiger partial charge >= 0.3 is 6.18 Å². The van der Waals surface area contributed by atoms with E-state index in [0.29, 0.717) is 18.9 Å². The Morgan fingerprint density at radius 2 is 1.60 bits per heavy atom. The van der Waals surface area contributed by atoms with Crippen LogP contribution in [0.1, 0.15) is 5.82 Å². The summed E-state index contributed by atoms with van der Waals surface area (Å²) in [6.07, 6.45) is -4.92. The second kappa shape index (κ2) is 11.5. The standard InChI is InChI=1S/C27H23F4N7O4S/c28-19-6-4-17(5-7-19)25-24(18-2-1-3-21(14-18)43(32,41)42)26(35-22(34-25)15-27(29,30)31)37-12-10-36(11-13-37)23-9-8-20(16-33-23)38(39)40/h1-9,14,16H,10-13,15H2,(H2,32,41,42). The number of alkyl halides is 3. The quantitative estimate of drug-likeness (QED) is 0.182. The van der Waals surface area contributed by atoms with Gasteiger partial charge in [0.05, 0.1) is 21.1 Å². The summed E-state index contributed by atoms with van der Waals surface area (Å²) in [7, 11) is -4.14. The number of hydrogen-bond acceptors (Lipinski definition) is 9. The Morgan fingerprint density at radius 1 is 0.930 bits per heavy atom. The van der Waals surface area contributed by atoms with Crippen LogP contribution in [0.3, 0.4) is 0 Å². The number of sulfonamides is 1. The molecular formula is C27H23F4N7O4S. The minimum absolute atomic E-state index is 0.0512. The fourth-order valence-electron chi connectivity index (χ4n) is 4.71. The largest absolute Gasteiger partial charge is 0.396 e. The van der Waals surface area contributed by atoms with E-state index in [2.05, 4.69) is 15.0 Å². The number of benzene rings is 2. The van der Waals surface area contributed by atoms with Gasteiger partial charge in [-0.05, 0) is 48.0 Å². The van der Waals surface area contributed by atoms with Crippen molar-refractivity contribution in [2.24, 2.45) is 5.14 Å². The Morgan fingerprint density at radius 3 is 2.19 bits per heavy atom. The summed E-state index contributed by atoms with van der Waals surface area (Å²) < 4.78 is 78.8. The van der Waals surface area contributed by atoms with E-state index in [9.17, 15) is 36.1 Å². The number of nitro groups is 1. The SMILES string of the molecule is NS(=O)(=O)c1cccc(-c2c(-c3ccc(F)cc3)nc(CC(F)(F)F)nc2N2CCN(c3ccc([N+](=O)[O-])cn3)CC2)c1. The minimum Gasteiger partial charge on any atom is -0.353 e. The Labute approximate surface area is 242 Å². The van der Waals surface area contributed by atoms with Crippen molar-refractivity contribution in [1.82, 2.24) is 15.0 Å². The van der Waals surface area contributed by atoms with Crippen LogP contribution in [0.25, 0.3) is 22.4 Å². The summed E-state index contributed by atoms with van der Waals surface area (Å²) in [4.78, 5) is 26.5. The van der Waals surface area contributed by atoms with Crippen LogP contribution < -0.4 is 14.9 Å². The summed E-state index contributed by atoms with van der Waals surface area (Å²) in [5, 5.41) is 16.3. The molecule has 4 aromatic rings. The van der Waals surface area contributed by atoms with Crippen LogP contribution in [-0.2, 0) is 16.4 Å². The number of anilines is 2. The van der Waals surface area contributed by atoms with E-state index in [1.54, 1.807) is 11.0 Å². The number of piperazine rings is 1. The third-order valence-electron chi connectivity index (χ3n) is 6.71. The van der Waals surface area contributed by atoms with Crippen LogP contribution in [0.5, 0.6) is 0 Å². The molecule has 0 bridgehead atoms. The van der Waals surface area contributed by atoms with Gasteiger partial charge in [-0.25, -0.2) is 32.9 Å². The number of aromatic nitrogens is 3. The van der Waals surface area contributed by atoms with Crippen molar-refractivity contribution in [1.29, 1.82) is 0 Å². The average Bonchev–Trinajstić information content (AvgIpc) is 2.96. The summed E-state index contributed by atoms with van der Waals surface area (Å²) >= 11 is 0. The summed E-state index contributed by atoms with van der Waals surface area (Å²) in [6.45, 7) is 1.19. The first kappa shape index (κ1) is 29.8. The molecule has 224 valence electrons. The molecule has 3 heterocycles. The number of pyridine rings is 1. The van der Waals surface area contributed by atoms with Crippen molar-refractivity contribution >= 4 is 27.3 Å². The highest BCUT2D eigenvalue weighted by Gasteiger charge is 2.32. The predicted octanol–water partition coefficient (Wildman–Crippen LogP) is 4.33. The first-order valence-electron chi connectivity index (χ1n) is 12.8. The van der Waals surface area contributed by atoms with Gasteiger partial charge in [-0.2, -0.15) is 13.2 Å². The van der Waals surface area contributed by atoms with E-state index < -0.39 is 39.2 Å². The van der Waals surface area contributed by atoms with Crippen LogP contribution in [0.4, 0.5) is 34.9 Å². The molecular weight excluding hydrogens is 594 g/mol. The summed E-state index contributed by atoms with van der Waals surface area (Å²) in [6, 6.07) is 13.4. The lowest BCUT2D eigenvalue weighted by Crippen LogP contribution is -2.47. The minimum atomic E-state index is -4.63. The molecule has 0 saturated carbocycles. The predicted molar refractivity (Wildman–Crippen MR) is 149 cm³/mol. The van der Waals surface area contributed by atoms with Gasteiger partial charge in [0.15, 0.2) is 0 Å². The Hall–Kier alpha value is -4.70. The van der Waals surface area contributed by atoms with Crippen LogP contribution in [0.15, 0.2) is 71.8 Å². The lowest BCUT2D eigenvalue weighted by atomic mass is 9.98. The topological polar surface area (TPSA) is 148 Å². The normalized spacial score (nSPS) is 14.2. The lowest BCUT2D eigenvalue weighted by molar-refractivity contribution is -0.385. The van der Waals surface area contributed by atoms with Gasteiger partial charge in [0.1, 0.15) is 35.9 Å². The Balaban J connectivity index is 1.62. The molecule has 0 spiro atoms. The van der Waals surface area contributed by atoms with Gasteiger partial charge in [-0.15, -0.1) is 0 Å².